The minimum absolute atomic E-state index is 0.0153. The first-order valence-electron chi connectivity index (χ1n) is 11.0. The van der Waals surface area contributed by atoms with Crippen LogP contribution in [0.2, 0.25) is 10.0 Å². The SMILES string of the molecule is CN(C)CC[C@H](CN1CCS(=O)c2c(C#N)cc3ccccc3c2C1=O)c1ccc(Cl)c(Cl)c1. The third-order valence-electron chi connectivity index (χ3n) is 6.18. The summed E-state index contributed by atoms with van der Waals surface area (Å²) in [5, 5.41) is 12.2. The Balaban J connectivity index is 1.77. The molecule has 176 valence electrons. The van der Waals surface area contributed by atoms with Crippen molar-refractivity contribution in [2.24, 2.45) is 0 Å². The third-order valence-corrected chi connectivity index (χ3v) is 8.35. The zero-order valence-corrected chi connectivity index (χ0v) is 21.4. The average Bonchev–Trinajstić information content (AvgIpc) is 2.94. The number of nitrogens with zero attached hydrogens (tertiary/aromatic N) is 3. The molecule has 1 amide bonds. The van der Waals surface area contributed by atoms with Crippen LogP contribution in [0.4, 0.5) is 0 Å². The van der Waals surface area contributed by atoms with E-state index in [0.717, 1.165) is 29.3 Å². The zero-order chi connectivity index (χ0) is 24.4. The number of carbonyl (C=O) groups is 1. The number of carbonyl (C=O) groups excluding carboxylic acids is 1. The van der Waals surface area contributed by atoms with Crippen molar-refractivity contribution in [3.8, 4) is 6.07 Å². The fraction of sp³-hybridized carbons (Fsp3) is 0.308. The number of rotatable bonds is 6. The van der Waals surface area contributed by atoms with Gasteiger partial charge in [-0.15, -0.1) is 0 Å². The van der Waals surface area contributed by atoms with Crippen LogP contribution in [0.25, 0.3) is 10.8 Å². The normalized spacial score (nSPS) is 16.9. The van der Waals surface area contributed by atoms with Gasteiger partial charge in [0, 0.05) is 24.8 Å². The molecule has 34 heavy (non-hydrogen) atoms. The summed E-state index contributed by atoms with van der Waals surface area (Å²) in [6, 6.07) is 16.9. The quantitative estimate of drug-likeness (QED) is 0.447. The second-order valence-electron chi connectivity index (χ2n) is 8.72. The van der Waals surface area contributed by atoms with Gasteiger partial charge in [0.2, 0.25) is 0 Å². The van der Waals surface area contributed by atoms with Gasteiger partial charge in [0.25, 0.3) is 5.91 Å². The summed E-state index contributed by atoms with van der Waals surface area (Å²) in [4.78, 5) is 18.2. The second-order valence-corrected chi connectivity index (χ2v) is 11.0. The topological polar surface area (TPSA) is 64.4 Å². The lowest BCUT2D eigenvalue weighted by molar-refractivity contribution is 0.0754. The van der Waals surface area contributed by atoms with Crippen LogP contribution in [0.5, 0.6) is 0 Å². The Hall–Kier alpha value is -2.43. The summed E-state index contributed by atoms with van der Waals surface area (Å²) < 4.78 is 13.2. The van der Waals surface area contributed by atoms with Crippen LogP contribution in [-0.4, -0.2) is 59.4 Å². The van der Waals surface area contributed by atoms with Gasteiger partial charge in [0.15, 0.2) is 0 Å². The summed E-state index contributed by atoms with van der Waals surface area (Å²) in [7, 11) is 2.57. The lowest BCUT2D eigenvalue weighted by atomic mass is 9.94. The maximum atomic E-state index is 13.9. The van der Waals surface area contributed by atoms with Gasteiger partial charge in [-0.25, -0.2) is 0 Å². The standard InChI is InChI=1S/C26H25Cl2N3O2S/c1-30(2)10-9-19(17-7-8-22(27)23(28)14-17)16-31-11-12-34(33)25-20(15-29)13-18-5-3-4-6-21(18)24(25)26(31)32/h3-8,13-14,19H,9-12,16H2,1-2H3/t19-,34?/m1/s1. The molecule has 0 saturated heterocycles. The molecule has 0 saturated carbocycles. The zero-order valence-electron chi connectivity index (χ0n) is 19.1. The van der Waals surface area contributed by atoms with Crippen LogP contribution < -0.4 is 0 Å². The first-order chi connectivity index (χ1) is 16.3. The molecule has 0 aliphatic carbocycles. The lowest BCUT2D eigenvalue weighted by Crippen LogP contribution is -2.36. The van der Waals surface area contributed by atoms with E-state index < -0.39 is 10.8 Å². The molecule has 0 bridgehead atoms. The van der Waals surface area contributed by atoms with E-state index in [1.807, 2.05) is 50.5 Å². The van der Waals surface area contributed by atoms with Gasteiger partial charge in [-0.1, -0.05) is 53.5 Å². The number of amides is 1. The number of halogens is 2. The van der Waals surface area contributed by atoms with Gasteiger partial charge < -0.3 is 9.80 Å². The molecule has 1 heterocycles. The number of fused-ring (bicyclic) bond motifs is 3. The van der Waals surface area contributed by atoms with Crippen molar-refractivity contribution >= 4 is 50.7 Å². The summed E-state index contributed by atoms with van der Waals surface area (Å²) >= 11 is 12.5. The Morgan fingerprint density at radius 3 is 2.62 bits per heavy atom. The summed E-state index contributed by atoms with van der Waals surface area (Å²) in [6.07, 6.45) is 0.809. The predicted octanol–water partition coefficient (Wildman–Crippen LogP) is 5.32. The molecule has 1 aliphatic heterocycles. The maximum absolute atomic E-state index is 13.9. The van der Waals surface area contributed by atoms with Gasteiger partial charge in [-0.2, -0.15) is 5.26 Å². The number of benzene rings is 3. The smallest absolute Gasteiger partial charge is 0.255 e. The molecular weight excluding hydrogens is 489 g/mol. The van der Waals surface area contributed by atoms with Crippen molar-refractivity contribution in [3.05, 3.63) is 75.3 Å². The first-order valence-corrected chi connectivity index (χ1v) is 13.1. The molecule has 5 nitrogen and oxygen atoms in total. The van der Waals surface area contributed by atoms with E-state index in [-0.39, 0.29) is 17.6 Å². The van der Waals surface area contributed by atoms with Gasteiger partial charge in [-0.3, -0.25) is 9.00 Å². The van der Waals surface area contributed by atoms with E-state index in [1.165, 1.54) is 0 Å². The Bertz CT molecular complexity index is 1320. The number of nitriles is 1. The molecule has 0 aromatic heterocycles. The molecule has 0 N–H and O–H groups in total. The van der Waals surface area contributed by atoms with Gasteiger partial charge >= 0.3 is 0 Å². The Morgan fingerprint density at radius 2 is 1.91 bits per heavy atom. The summed E-state index contributed by atoms with van der Waals surface area (Å²) in [5.74, 6) is 0.110. The Kier molecular flexibility index (Phi) is 7.59. The van der Waals surface area contributed by atoms with Crippen molar-refractivity contribution in [3.63, 3.8) is 0 Å². The predicted molar refractivity (Wildman–Crippen MR) is 138 cm³/mol. The molecule has 8 heteroatoms. The van der Waals surface area contributed by atoms with Gasteiger partial charge in [0.1, 0.15) is 6.07 Å². The lowest BCUT2D eigenvalue weighted by Gasteiger charge is -2.28. The molecule has 2 atom stereocenters. The second kappa shape index (κ2) is 10.5. The van der Waals surface area contributed by atoms with E-state index in [2.05, 4.69) is 11.0 Å². The van der Waals surface area contributed by atoms with E-state index in [4.69, 9.17) is 23.2 Å². The summed E-state index contributed by atoms with van der Waals surface area (Å²) in [6.45, 7) is 1.63. The van der Waals surface area contributed by atoms with Crippen LogP contribution in [0.1, 0.15) is 33.8 Å². The molecule has 3 aromatic rings. The highest BCUT2D eigenvalue weighted by Crippen LogP contribution is 2.34. The molecule has 1 aliphatic rings. The third kappa shape index (κ3) is 4.99. The Morgan fingerprint density at radius 1 is 1.15 bits per heavy atom. The van der Waals surface area contributed by atoms with E-state index in [1.54, 1.807) is 17.0 Å². The van der Waals surface area contributed by atoms with Crippen molar-refractivity contribution in [2.45, 2.75) is 17.2 Å². The number of hydrogen-bond acceptors (Lipinski definition) is 4. The monoisotopic (exact) mass is 513 g/mol. The van der Waals surface area contributed by atoms with E-state index >= 15 is 0 Å². The first kappa shape index (κ1) is 24.7. The van der Waals surface area contributed by atoms with Gasteiger partial charge in [0.05, 0.1) is 36.9 Å². The van der Waals surface area contributed by atoms with Gasteiger partial charge in [-0.05, 0) is 61.6 Å². The highest BCUT2D eigenvalue weighted by molar-refractivity contribution is 7.85. The van der Waals surface area contributed by atoms with Crippen LogP contribution in [0, 0.1) is 11.3 Å². The highest BCUT2D eigenvalue weighted by Gasteiger charge is 2.32. The van der Waals surface area contributed by atoms with Crippen molar-refractivity contribution < 1.29 is 9.00 Å². The summed E-state index contributed by atoms with van der Waals surface area (Å²) in [5.41, 5.74) is 1.69. The molecular formula is C26H25Cl2N3O2S. The molecule has 0 fully saturated rings. The highest BCUT2D eigenvalue weighted by atomic mass is 35.5. The molecule has 0 spiro atoms. The molecule has 4 rings (SSSR count). The van der Waals surface area contributed by atoms with Crippen LogP contribution in [0.3, 0.4) is 0 Å². The van der Waals surface area contributed by atoms with Crippen molar-refractivity contribution in [1.82, 2.24) is 9.80 Å². The fourth-order valence-electron chi connectivity index (χ4n) is 4.40. The van der Waals surface area contributed by atoms with E-state index in [9.17, 15) is 14.3 Å². The molecule has 3 aromatic carbocycles. The largest absolute Gasteiger partial charge is 0.337 e. The molecule has 1 unspecified atom stereocenters. The minimum atomic E-state index is -1.45. The van der Waals surface area contributed by atoms with Crippen LogP contribution >= 0.6 is 23.2 Å². The minimum Gasteiger partial charge on any atom is -0.337 e. The van der Waals surface area contributed by atoms with Crippen LogP contribution in [0.15, 0.2) is 53.4 Å². The molecule has 0 radical (unpaired) electrons. The maximum Gasteiger partial charge on any atom is 0.255 e. The van der Waals surface area contributed by atoms with Crippen molar-refractivity contribution in [1.29, 1.82) is 5.26 Å². The van der Waals surface area contributed by atoms with E-state index in [0.29, 0.717) is 39.2 Å². The van der Waals surface area contributed by atoms with Crippen LogP contribution in [-0.2, 0) is 10.8 Å². The average molecular weight is 514 g/mol. The fourth-order valence-corrected chi connectivity index (χ4v) is 6.07. The Labute approximate surface area is 212 Å². The van der Waals surface area contributed by atoms with Crippen molar-refractivity contribution in [2.75, 3.05) is 39.5 Å². The number of hydrogen-bond donors (Lipinski definition) is 0.